The molecule has 0 unspecified atom stereocenters. The Balaban J connectivity index is 1.49. The van der Waals surface area contributed by atoms with Crippen molar-refractivity contribution in [1.29, 1.82) is 0 Å². The first kappa shape index (κ1) is 20.7. The molecule has 1 aromatic rings. The highest BCUT2D eigenvalue weighted by molar-refractivity contribution is 7.90. The first-order valence-electron chi connectivity index (χ1n) is 11.1. The summed E-state index contributed by atoms with van der Waals surface area (Å²) in [5, 5.41) is 2.45. The second kappa shape index (κ2) is 8.26. The van der Waals surface area contributed by atoms with Gasteiger partial charge in [0, 0.05) is 5.69 Å². The van der Waals surface area contributed by atoms with Crippen molar-refractivity contribution in [3.05, 3.63) is 28.8 Å². The largest absolute Gasteiger partial charge is 0.332 e. The average Bonchev–Trinajstić information content (AvgIpc) is 3.44. The Labute approximate surface area is 174 Å². The van der Waals surface area contributed by atoms with Crippen molar-refractivity contribution in [1.82, 2.24) is 9.62 Å². The number of carbonyl (C=O) groups is 1. The summed E-state index contributed by atoms with van der Waals surface area (Å²) in [6, 6.07) is 3.71. The van der Waals surface area contributed by atoms with Crippen molar-refractivity contribution in [3.63, 3.8) is 0 Å². The highest BCUT2D eigenvalue weighted by Crippen LogP contribution is 2.46. The van der Waals surface area contributed by atoms with Gasteiger partial charge in [0.05, 0.1) is 5.25 Å². The number of likely N-dealkylation sites (tertiary alicyclic amines) is 1. The lowest BCUT2D eigenvalue weighted by atomic mass is 9.91. The van der Waals surface area contributed by atoms with Gasteiger partial charge in [-0.2, -0.15) is 0 Å². The predicted molar refractivity (Wildman–Crippen MR) is 116 cm³/mol. The van der Waals surface area contributed by atoms with Crippen LogP contribution in [0.3, 0.4) is 0 Å². The number of fused-ring (bicyclic) bond motifs is 1. The number of urea groups is 1. The van der Waals surface area contributed by atoms with Crippen LogP contribution in [-0.4, -0.2) is 44.2 Å². The fourth-order valence-corrected chi connectivity index (χ4v) is 6.26. The van der Waals surface area contributed by atoms with E-state index < -0.39 is 21.3 Å². The molecule has 0 spiro atoms. The number of benzene rings is 1. The van der Waals surface area contributed by atoms with E-state index in [9.17, 15) is 13.2 Å². The van der Waals surface area contributed by atoms with Crippen LogP contribution in [0.5, 0.6) is 0 Å². The van der Waals surface area contributed by atoms with E-state index in [1.807, 2.05) is 0 Å². The molecule has 1 aromatic carbocycles. The lowest BCUT2D eigenvalue weighted by Crippen LogP contribution is -2.46. The minimum absolute atomic E-state index is 0.381. The van der Waals surface area contributed by atoms with E-state index in [2.05, 4.69) is 40.9 Å². The molecule has 1 aliphatic heterocycles. The minimum Gasteiger partial charge on any atom is -0.307 e. The van der Waals surface area contributed by atoms with Crippen LogP contribution in [0.4, 0.5) is 10.5 Å². The molecule has 2 aliphatic carbocycles. The molecule has 1 saturated carbocycles. The van der Waals surface area contributed by atoms with Gasteiger partial charge >= 0.3 is 6.03 Å². The van der Waals surface area contributed by atoms with Crippen LogP contribution in [0.25, 0.3) is 0 Å². The highest BCUT2D eigenvalue weighted by atomic mass is 32.2. The highest BCUT2D eigenvalue weighted by Gasteiger charge is 2.34. The monoisotopic (exact) mass is 419 g/mol. The number of hydrogen-bond donors (Lipinski definition) is 2. The van der Waals surface area contributed by atoms with Gasteiger partial charge in [0.25, 0.3) is 0 Å². The van der Waals surface area contributed by atoms with Crippen LogP contribution in [0.15, 0.2) is 12.1 Å². The van der Waals surface area contributed by atoms with Crippen LogP contribution in [0, 0.1) is 5.92 Å². The summed E-state index contributed by atoms with van der Waals surface area (Å²) in [6.07, 6.45) is 6.66. The summed E-state index contributed by atoms with van der Waals surface area (Å²) in [6.45, 7) is 6.76. The molecule has 3 aliphatic rings. The molecule has 0 bridgehead atoms. The van der Waals surface area contributed by atoms with E-state index in [-0.39, 0.29) is 0 Å². The molecule has 7 heteroatoms. The zero-order chi connectivity index (χ0) is 20.6. The second-order valence-corrected chi connectivity index (χ2v) is 10.8. The number of piperidine rings is 1. The van der Waals surface area contributed by atoms with Crippen LogP contribution < -0.4 is 10.0 Å². The quantitative estimate of drug-likeness (QED) is 0.738. The number of amides is 2. The van der Waals surface area contributed by atoms with Gasteiger partial charge in [-0.3, -0.25) is 0 Å². The van der Waals surface area contributed by atoms with Crippen molar-refractivity contribution < 1.29 is 13.2 Å². The summed E-state index contributed by atoms with van der Waals surface area (Å²) in [5.41, 5.74) is 4.48. The summed E-state index contributed by atoms with van der Waals surface area (Å²) in [4.78, 5) is 15.0. The molecule has 1 atom stereocenters. The predicted octanol–water partition coefficient (Wildman–Crippen LogP) is 3.62. The van der Waals surface area contributed by atoms with E-state index in [1.54, 1.807) is 0 Å². The van der Waals surface area contributed by atoms with Gasteiger partial charge in [0.2, 0.25) is 10.0 Å². The van der Waals surface area contributed by atoms with Gasteiger partial charge in [0.1, 0.15) is 0 Å². The third-order valence-corrected chi connectivity index (χ3v) is 8.85. The molecule has 0 aromatic heterocycles. The second-order valence-electron chi connectivity index (χ2n) is 8.88. The molecule has 29 heavy (non-hydrogen) atoms. The van der Waals surface area contributed by atoms with Gasteiger partial charge in [-0.1, -0.05) is 26.0 Å². The Morgan fingerprint density at radius 2 is 1.90 bits per heavy atom. The first-order valence-corrected chi connectivity index (χ1v) is 12.6. The van der Waals surface area contributed by atoms with Gasteiger partial charge in [-0.05, 0) is 93.1 Å². The number of sulfonamides is 1. The molecular weight excluding hydrogens is 386 g/mol. The topological polar surface area (TPSA) is 78.5 Å². The molecule has 1 heterocycles. The lowest BCUT2D eigenvalue weighted by molar-refractivity contribution is 0.240. The SMILES string of the molecule is CCN1CCC(S(=O)(=O)NC(=O)Nc2c([C@H](C)C3CC3)ccc3c2CCC3)CC1. The molecule has 4 rings (SSSR count). The molecule has 2 N–H and O–H groups in total. The number of aryl methyl sites for hydroxylation is 1. The number of anilines is 1. The number of nitrogens with zero attached hydrogens (tertiary/aromatic N) is 1. The minimum atomic E-state index is -3.67. The van der Waals surface area contributed by atoms with E-state index in [4.69, 9.17) is 0 Å². The maximum atomic E-state index is 12.8. The zero-order valence-corrected chi connectivity index (χ0v) is 18.4. The number of nitrogens with one attached hydrogen (secondary N) is 2. The van der Waals surface area contributed by atoms with Crippen LogP contribution >= 0.6 is 0 Å². The molecule has 2 amide bonds. The molecule has 6 nitrogen and oxygen atoms in total. The van der Waals surface area contributed by atoms with Crippen molar-refractivity contribution in [2.45, 2.75) is 70.0 Å². The fourth-order valence-electron chi connectivity index (χ4n) is 4.95. The Morgan fingerprint density at radius 3 is 2.55 bits per heavy atom. The molecule has 2 fully saturated rings. The van der Waals surface area contributed by atoms with E-state index >= 15 is 0 Å². The van der Waals surface area contributed by atoms with Crippen LogP contribution in [-0.2, 0) is 22.9 Å². The van der Waals surface area contributed by atoms with E-state index in [0.29, 0.717) is 24.7 Å². The Hall–Kier alpha value is -1.60. The van der Waals surface area contributed by atoms with Crippen LogP contribution in [0.1, 0.15) is 68.6 Å². The summed E-state index contributed by atoms with van der Waals surface area (Å²) in [5.74, 6) is 1.05. The van der Waals surface area contributed by atoms with E-state index in [1.165, 1.54) is 24.0 Å². The molecule has 0 radical (unpaired) electrons. The number of rotatable bonds is 6. The maximum Gasteiger partial charge on any atom is 0.332 e. The standard InChI is InChI=1S/C22H33N3O3S/c1-3-25-13-11-18(12-14-25)29(27,28)24-22(26)23-21-19(15(2)16-7-8-16)10-9-17-5-4-6-20(17)21/h9-10,15-16,18H,3-8,11-14H2,1-2H3,(H2,23,24,26)/t15-/m1/s1. The van der Waals surface area contributed by atoms with Crippen molar-refractivity contribution in [3.8, 4) is 0 Å². The Bertz CT molecular complexity index is 872. The zero-order valence-electron chi connectivity index (χ0n) is 17.5. The first-order chi connectivity index (χ1) is 13.9. The number of carbonyl (C=O) groups excluding carboxylic acids is 1. The van der Waals surface area contributed by atoms with Gasteiger partial charge < -0.3 is 10.2 Å². The average molecular weight is 420 g/mol. The Kier molecular flexibility index (Phi) is 5.89. The van der Waals surface area contributed by atoms with E-state index in [0.717, 1.165) is 50.1 Å². The van der Waals surface area contributed by atoms with Crippen molar-refractivity contribution in [2.24, 2.45) is 5.92 Å². The third-order valence-electron chi connectivity index (χ3n) is 7.03. The fraction of sp³-hybridized carbons (Fsp3) is 0.682. The summed E-state index contributed by atoms with van der Waals surface area (Å²) >= 11 is 0. The maximum absolute atomic E-state index is 12.8. The van der Waals surface area contributed by atoms with Gasteiger partial charge in [0.15, 0.2) is 0 Å². The lowest BCUT2D eigenvalue weighted by Gasteiger charge is -2.30. The number of hydrogen-bond acceptors (Lipinski definition) is 4. The van der Waals surface area contributed by atoms with Crippen LogP contribution in [0.2, 0.25) is 0 Å². The molecule has 1 saturated heterocycles. The molecular formula is C22H33N3O3S. The summed E-state index contributed by atoms with van der Waals surface area (Å²) in [7, 11) is -3.67. The van der Waals surface area contributed by atoms with Crippen molar-refractivity contribution >= 4 is 21.7 Å². The van der Waals surface area contributed by atoms with Gasteiger partial charge in [-0.15, -0.1) is 0 Å². The normalized spacial score (nSPS) is 21.6. The third kappa shape index (κ3) is 4.45. The Morgan fingerprint density at radius 1 is 1.17 bits per heavy atom. The smallest absolute Gasteiger partial charge is 0.307 e. The molecule has 160 valence electrons. The van der Waals surface area contributed by atoms with Gasteiger partial charge in [-0.25, -0.2) is 17.9 Å². The van der Waals surface area contributed by atoms with Crippen molar-refractivity contribution in [2.75, 3.05) is 25.0 Å². The summed E-state index contributed by atoms with van der Waals surface area (Å²) < 4.78 is 27.8.